The first-order valence-corrected chi connectivity index (χ1v) is 7.42. The van der Waals surface area contributed by atoms with Crippen LogP contribution in [0, 0.1) is 5.92 Å². The predicted octanol–water partition coefficient (Wildman–Crippen LogP) is 2.16. The van der Waals surface area contributed by atoms with Gasteiger partial charge in [0.25, 0.3) is 0 Å². The molecule has 0 bridgehead atoms. The lowest BCUT2D eigenvalue weighted by Gasteiger charge is -2.30. The normalized spacial score (nSPS) is 15.9. The lowest BCUT2D eigenvalue weighted by molar-refractivity contribution is -0.144. The molecule has 7 heteroatoms. The summed E-state index contributed by atoms with van der Waals surface area (Å²) in [4.78, 5) is 25.5. The predicted molar refractivity (Wildman–Crippen MR) is 81.5 cm³/mol. The van der Waals surface area contributed by atoms with Gasteiger partial charge in [-0.25, -0.2) is 0 Å². The summed E-state index contributed by atoms with van der Waals surface area (Å²) in [5, 5.41) is 12.3. The quantitative estimate of drug-likeness (QED) is 0.816. The minimum Gasteiger partial charge on any atom is -0.396 e. The van der Waals surface area contributed by atoms with E-state index in [1.165, 1.54) is 17.0 Å². The number of hydrogen-bond donors (Lipinski definition) is 2. The summed E-state index contributed by atoms with van der Waals surface area (Å²) >= 11 is 11.7. The van der Waals surface area contributed by atoms with Crippen LogP contribution >= 0.6 is 23.2 Å². The molecule has 0 saturated carbocycles. The average Bonchev–Trinajstić information content (AvgIpc) is 2.45. The lowest BCUT2D eigenvalue weighted by Crippen LogP contribution is -2.44. The topological polar surface area (TPSA) is 69.6 Å². The summed E-state index contributed by atoms with van der Waals surface area (Å²) < 4.78 is 0. The summed E-state index contributed by atoms with van der Waals surface area (Å²) in [5.41, 5.74) is 0.385. The van der Waals surface area contributed by atoms with Gasteiger partial charge in [-0.05, 0) is 37.0 Å². The van der Waals surface area contributed by atoms with Crippen LogP contribution in [0.1, 0.15) is 12.8 Å². The molecule has 0 atom stereocenters. The minimum absolute atomic E-state index is 0.120. The molecular formula is C14H16Cl2N2O3. The second kappa shape index (κ2) is 7.11. The Morgan fingerprint density at radius 3 is 2.29 bits per heavy atom. The van der Waals surface area contributed by atoms with E-state index in [0.717, 1.165) is 0 Å². The van der Waals surface area contributed by atoms with E-state index in [4.69, 9.17) is 28.3 Å². The smallest absolute Gasteiger partial charge is 0.313 e. The second-order valence-corrected chi connectivity index (χ2v) is 5.90. The van der Waals surface area contributed by atoms with Crippen LogP contribution in [0.4, 0.5) is 5.69 Å². The zero-order chi connectivity index (χ0) is 15.4. The van der Waals surface area contributed by atoms with Gasteiger partial charge in [-0.15, -0.1) is 0 Å². The van der Waals surface area contributed by atoms with E-state index in [1.54, 1.807) is 6.07 Å². The Morgan fingerprint density at radius 2 is 1.76 bits per heavy atom. The molecule has 2 rings (SSSR count). The molecule has 0 radical (unpaired) electrons. The van der Waals surface area contributed by atoms with Crippen LogP contribution in [0.15, 0.2) is 18.2 Å². The van der Waals surface area contributed by atoms with E-state index >= 15 is 0 Å². The summed E-state index contributed by atoms with van der Waals surface area (Å²) in [7, 11) is 0. The van der Waals surface area contributed by atoms with Gasteiger partial charge in [0.1, 0.15) is 0 Å². The molecule has 5 nitrogen and oxygen atoms in total. The number of amides is 2. The van der Waals surface area contributed by atoms with E-state index in [-0.39, 0.29) is 12.5 Å². The highest BCUT2D eigenvalue weighted by Gasteiger charge is 2.26. The molecule has 114 valence electrons. The van der Waals surface area contributed by atoms with Gasteiger partial charge in [0.2, 0.25) is 0 Å². The van der Waals surface area contributed by atoms with E-state index in [9.17, 15) is 9.59 Å². The third-order valence-electron chi connectivity index (χ3n) is 3.47. The van der Waals surface area contributed by atoms with E-state index in [0.29, 0.717) is 41.7 Å². The highest BCUT2D eigenvalue weighted by Crippen LogP contribution is 2.22. The molecule has 1 fully saturated rings. The van der Waals surface area contributed by atoms with Gasteiger partial charge >= 0.3 is 11.8 Å². The van der Waals surface area contributed by atoms with Gasteiger partial charge in [0, 0.05) is 35.4 Å². The zero-order valence-electron chi connectivity index (χ0n) is 11.3. The van der Waals surface area contributed by atoms with Crippen LogP contribution in [-0.4, -0.2) is 41.5 Å². The largest absolute Gasteiger partial charge is 0.396 e. The van der Waals surface area contributed by atoms with Crippen LogP contribution in [0.5, 0.6) is 0 Å². The monoisotopic (exact) mass is 330 g/mol. The number of carbonyl (C=O) groups is 2. The number of carbonyl (C=O) groups excluding carboxylic acids is 2. The number of benzene rings is 1. The van der Waals surface area contributed by atoms with Crippen LogP contribution in [0.3, 0.4) is 0 Å². The van der Waals surface area contributed by atoms with Crippen LogP contribution in [0.25, 0.3) is 0 Å². The van der Waals surface area contributed by atoms with Crippen molar-refractivity contribution in [3.8, 4) is 0 Å². The number of rotatable bonds is 2. The summed E-state index contributed by atoms with van der Waals surface area (Å²) in [6, 6.07) is 4.59. The molecule has 21 heavy (non-hydrogen) atoms. The van der Waals surface area contributed by atoms with Crippen molar-refractivity contribution in [2.45, 2.75) is 12.8 Å². The SMILES string of the molecule is O=C(Nc1cc(Cl)cc(Cl)c1)C(=O)N1CCC(CO)CC1. The lowest BCUT2D eigenvalue weighted by atomic mass is 9.98. The Balaban J connectivity index is 1.95. The maximum Gasteiger partial charge on any atom is 0.313 e. The maximum absolute atomic E-state index is 12.1. The number of aliphatic hydroxyl groups excluding tert-OH is 1. The number of nitrogens with one attached hydrogen (secondary N) is 1. The molecule has 0 spiro atoms. The van der Waals surface area contributed by atoms with E-state index < -0.39 is 11.8 Å². The van der Waals surface area contributed by atoms with Crippen molar-refractivity contribution in [1.82, 2.24) is 4.90 Å². The molecule has 1 aliphatic rings. The number of likely N-dealkylation sites (tertiary alicyclic amines) is 1. The van der Waals surface area contributed by atoms with Crippen LogP contribution < -0.4 is 5.32 Å². The minimum atomic E-state index is -0.712. The van der Waals surface area contributed by atoms with Gasteiger partial charge in [-0.1, -0.05) is 23.2 Å². The highest BCUT2D eigenvalue weighted by atomic mass is 35.5. The van der Waals surface area contributed by atoms with Crippen molar-refractivity contribution in [1.29, 1.82) is 0 Å². The van der Waals surface area contributed by atoms with Crippen molar-refractivity contribution >= 4 is 40.7 Å². The second-order valence-electron chi connectivity index (χ2n) is 5.03. The van der Waals surface area contributed by atoms with E-state index in [1.807, 2.05) is 0 Å². The van der Waals surface area contributed by atoms with Crippen molar-refractivity contribution in [2.75, 3.05) is 25.0 Å². The molecule has 1 saturated heterocycles. The third-order valence-corrected chi connectivity index (χ3v) is 3.91. The summed E-state index contributed by atoms with van der Waals surface area (Å²) in [5.74, 6) is -1.08. The molecule has 1 aromatic carbocycles. The number of anilines is 1. The number of hydrogen-bond acceptors (Lipinski definition) is 3. The Morgan fingerprint density at radius 1 is 1.19 bits per heavy atom. The molecule has 1 aliphatic heterocycles. The molecular weight excluding hydrogens is 315 g/mol. The number of aliphatic hydroxyl groups is 1. The number of halogens is 2. The van der Waals surface area contributed by atoms with Gasteiger partial charge < -0.3 is 15.3 Å². The first kappa shape index (κ1) is 16.1. The van der Waals surface area contributed by atoms with Gasteiger partial charge in [0.15, 0.2) is 0 Å². The summed E-state index contributed by atoms with van der Waals surface area (Å²) in [6.07, 6.45) is 1.41. The molecule has 0 aromatic heterocycles. The highest BCUT2D eigenvalue weighted by molar-refractivity contribution is 6.40. The van der Waals surface area contributed by atoms with Crippen molar-refractivity contribution in [3.63, 3.8) is 0 Å². The zero-order valence-corrected chi connectivity index (χ0v) is 12.8. The molecule has 2 N–H and O–H groups in total. The number of piperidine rings is 1. The first-order valence-electron chi connectivity index (χ1n) is 6.67. The molecule has 0 unspecified atom stereocenters. The van der Waals surface area contributed by atoms with E-state index in [2.05, 4.69) is 5.32 Å². The maximum atomic E-state index is 12.1. The van der Waals surface area contributed by atoms with Crippen LogP contribution in [0.2, 0.25) is 10.0 Å². The Labute approximate surface area is 132 Å². The number of nitrogens with zero attached hydrogens (tertiary/aromatic N) is 1. The molecule has 2 amide bonds. The Bertz CT molecular complexity index is 523. The fourth-order valence-corrected chi connectivity index (χ4v) is 2.80. The molecule has 1 aromatic rings. The summed E-state index contributed by atoms with van der Waals surface area (Å²) in [6.45, 7) is 1.08. The fraction of sp³-hybridized carbons (Fsp3) is 0.429. The average molecular weight is 331 g/mol. The van der Waals surface area contributed by atoms with Crippen molar-refractivity contribution < 1.29 is 14.7 Å². The Hall–Kier alpha value is -1.30. The van der Waals surface area contributed by atoms with Crippen molar-refractivity contribution in [3.05, 3.63) is 28.2 Å². The first-order chi connectivity index (χ1) is 9.99. The van der Waals surface area contributed by atoms with Crippen molar-refractivity contribution in [2.24, 2.45) is 5.92 Å². The van der Waals surface area contributed by atoms with Gasteiger partial charge in [-0.2, -0.15) is 0 Å². The standard InChI is InChI=1S/C14H16Cl2N2O3/c15-10-5-11(16)7-12(6-10)17-13(20)14(21)18-3-1-9(8-19)2-4-18/h5-7,9,19H,1-4,8H2,(H,17,20). The van der Waals surface area contributed by atoms with Gasteiger partial charge in [0.05, 0.1) is 0 Å². The van der Waals surface area contributed by atoms with Crippen LogP contribution in [-0.2, 0) is 9.59 Å². The molecule has 0 aliphatic carbocycles. The van der Waals surface area contributed by atoms with Gasteiger partial charge in [-0.3, -0.25) is 9.59 Å². The molecule has 1 heterocycles. The fourth-order valence-electron chi connectivity index (χ4n) is 2.27. The Kier molecular flexibility index (Phi) is 5.45. The third kappa shape index (κ3) is 4.33.